The summed E-state index contributed by atoms with van der Waals surface area (Å²) in [6, 6.07) is 52.1. The van der Waals surface area contributed by atoms with Gasteiger partial charge in [0.1, 0.15) is 0 Å². The summed E-state index contributed by atoms with van der Waals surface area (Å²) in [6.45, 7) is 0. The maximum absolute atomic E-state index is 14.6. The highest BCUT2D eigenvalue weighted by molar-refractivity contribution is 6.13. The maximum atomic E-state index is 14.6. The molecule has 0 N–H and O–H groups in total. The van der Waals surface area contributed by atoms with Crippen molar-refractivity contribution in [3.63, 3.8) is 0 Å². The normalized spacial score (nSPS) is 12.4. The van der Waals surface area contributed by atoms with Gasteiger partial charge >= 0.3 is 24.7 Å². The van der Waals surface area contributed by atoms with Gasteiger partial charge in [-0.15, -0.1) is 0 Å². The smallest absolute Gasteiger partial charge is 0.309 e. The van der Waals surface area contributed by atoms with Crippen LogP contribution in [-0.2, 0) is 24.7 Å². The second-order valence-electron chi connectivity index (χ2n) is 19.5. The Balaban J connectivity index is 1.12. The van der Waals surface area contributed by atoms with E-state index in [0.29, 0.717) is 43.6 Å². The molecule has 402 valence electrons. The number of hydrogen-bond donors (Lipinski definition) is 0. The zero-order valence-electron chi connectivity index (χ0n) is 42.0. The Morgan fingerprint density at radius 1 is 0.268 bits per heavy atom. The van der Waals surface area contributed by atoms with Gasteiger partial charge in [-0.3, -0.25) is 0 Å². The van der Waals surface area contributed by atoms with Gasteiger partial charge in [-0.2, -0.15) is 63.2 Å². The van der Waals surface area contributed by atoms with Gasteiger partial charge in [0.25, 0.3) is 0 Å². The molecule has 2 heterocycles. The Kier molecular flexibility index (Phi) is 12.4. The average molecular weight is 1110 g/mol. The first-order chi connectivity index (χ1) is 39.1. The molecule has 4 nitrogen and oxygen atoms in total. The molecule has 2 aromatic heterocycles. The van der Waals surface area contributed by atoms with Crippen LogP contribution in [0.4, 0.5) is 52.7 Å². The molecule has 16 heteroatoms. The lowest BCUT2D eigenvalue weighted by Crippen LogP contribution is -2.07. The highest BCUT2D eigenvalue weighted by Crippen LogP contribution is 2.46. The summed E-state index contributed by atoms with van der Waals surface area (Å²) in [7, 11) is 0. The Bertz CT molecular complexity index is 4150. The predicted molar refractivity (Wildman–Crippen MR) is 292 cm³/mol. The zero-order chi connectivity index (χ0) is 57.6. The van der Waals surface area contributed by atoms with E-state index in [4.69, 9.17) is 0 Å². The largest absolute Gasteiger partial charge is 0.417 e. The van der Waals surface area contributed by atoms with Crippen molar-refractivity contribution in [2.24, 2.45) is 0 Å². The average Bonchev–Trinajstić information content (AvgIpc) is 4.09. The Morgan fingerprint density at radius 3 is 0.744 bits per heavy atom. The van der Waals surface area contributed by atoms with Crippen LogP contribution < -0.4 is 0 Å². The molecule has 0 bridgehead atoms. The van der Waals surface area contributed by atoms with Crippen LogP contribution in [0, 0.1) is 22.7 Å². The van der Waals surface area contributed by atoms with Crippen LogP contribution in [-0.4, -0.2) is 9.13 Å². The number of aromatic nitrogens is 2. The van der Waals surface area contributed by atoms with E-state index in [9.17, 15) is 63.2 Å². The molecule has 0 saturated heterocycles. The number of benzene rings is 10. The second kappa shape index (κ2) is 19.3. The van der Waals surface area contributed by atoms with Gasteiger partial charge in [0.2, 0.25) is 0 Å². The third kappa shape index (κ3) is 9.02. The van der Waals surface area contributed by atoms with Gasteiger partial charge in [-0.05, 0) is 129 Å². The molecule has 0 spiro atoms. The predicted octanol–water partition coefficient (Wildman–Crippen LogP) is 20.0. The fourth-order valence-electron chi connectivity index (χ4n) is 11.2. The van der Waals surface area contributed by atoms with Crippen LogP contribution in [0.1, 0.15) is 33.4 Å². The molecule has 0 aliphatic heterocycles. The van der Waals surface area contributed by atoms with E-state index in [2.05, 4.69) is 12.1 Å². The van der Waals surface area contributed by atoms with Gasteiger partial charge in [0, 0.05) is 44.0 Å². The molecule has 0 radical (unpaired) electrons. The molecule has 0 amide bonds. The van der Waals surface area contributed by atoms with Gasteiger partial charge in [0.05, 0.1) is 67.6 Å². The maximum Gasteiger partial charge on any atom is 0.417 e. The second-order valence-corrected chi connectivity index (χ2v) is 19.5. The number of nitrogens with zero attached hydrogens (tertiary/aromatic N) is 4. The first-order valence-electron chi connectivity index (χ1n) is 25.0. The molecule has 12 aromatic rings. The fraction of sp³-hybridized carbons (Fsp3) is 0.0606. The SMILES string of the molecule is N#Cc1ccc(-n2c3cc(-c4ccccc4C(F)(F)F)ccc3c3ccc(-c4ccccc4C(F)(F)F)cc32)cc1-c1cc(-n2c3cc(-c4ccccc4C(F)(F)F)ccc3c3ccc(-c4ccccc4C(F)(F)F)cc32)ccc1C#N. The van der Waals surface area contributed by atoms with E-state index >= 15 is 0 Å². The van der Waals surface area contributed by atoms with E-state index in [-0.39, 0.29) is 78.1 Å². The summed E-state index contributed by atoms with van der Waals surface area (Å²) in [6.07, 6.45) is -19.0. The summed E-state index contributed by atoms with van der Waals surface area (Å²) in [4.78, 5) is 0. The lowest BCUT2D eigenvalue weighted by Gasteiger charge is -2.17. The molecule has 0 unspecified atom stereocenters. The number of nitriles is 2. The quantitative estimate of drug-likeness (QED) is 0.149. The van der Waals surface area contributed by atoms with E-state index in [1.807, 2.05) is 0 Å². The third-order valence-electron chi connectivity index (χ3n) is 14.8. The summed E-state index contributed by atoms with van der Waals surface area (Å²) in [5, 5.41) is 23.6. The topological polar surface area (TPSA) is 57.4 Å². The zero-order valence-corrected chi connectivity index (χ0v) is 42.0. The van der Waals surface area contributed by atoms with E-state index in [1.165, 1.54) is 133 Å². The highest BCUT2D eigenvalue weighted by Gasteiger charge is 2.37. The summed E-state index contributed by atoms with van der Waals surface area (Å²) in [5.41, 5.74) is -1.47. The molecular weight excluding hydrogens is 1080 g/mol. The van der Waals surface area contributed by atoms with Crippen LogP contribution >= 0.6 is 0 Å². The van der Waals surface area contributed by atoms with Crippen molar-refractivity contribution in [3.8, 4) is 79.1 Å². The highest BCUT2D eigenvalue weighted by atomic mass is 19.4. The minimum Gasteiger partial charge on any atom is -0.309 e. The molecular formula is C66H34F12N4. The van der Waals surface area contributed by atoms with Crippen molar-refractivity contribution < 1.29 is 52.7 Å². The fourth-order valence-corrected chi connectivity index (χ4v) is 11.2. The van der Waals surface area contributed by atoms with Crippen LogP contribution in [0.2, 0.25) is 0 Å². The van der Waals surface area contributed by atoms with E-state index in [0.717, 1.165) is 24.3 Å². The van der Waals surface area contributed by atoms with Gasteiger partial charge in [-0.25, -0.2) is 0 Å². The number of halogens is 12. The minimum atomic E-state index is -4.76. The van der Waals surface area contributed by atoms with Gasteiger partial charge < -0.3 is 9.13 Å². The molecule has 0 fully saturated rings. The van der Waals surface area contributed by atoms with Crippen molar-refractivity contribution in [2.75, 3.05) is 0 Å². The van der Waals surface area contributed by atoms with Crippen molar-refractivity contribution >= 4 is 43.6 Å². The lowest BCUT2D eigenvalue weighted by molar-refractivity contribution is -0.137. The monoisotopic (exact) mass is 1110 g/mol. The molecule has 10 aromatic carbocycles. The molecule has 0 atom stereocenters. The summed E-state index contributed by atoms with van der Waals surface area (Å²) < 4.78 is 178. The lowest BCUT2D eigenvalue weighted by atomic mass is 9.94. The van der Waals surface area contributed by atoms with E-state index in [1.54, 1.807) is 57.7 Å². The molecule has 0 aliphatic carbocycles. The van der Waals surface area contributed by atoms with Gasteiger partial charge in [-0.1, -0.05) is 121 Å². The number of rotatable bonds is 7. The Labute approximate surface area is 457 Å². The van der Waals surface area contributed by atoms with Crippen molar-refractivity contribution in [3.05, 3.63) is 240 Å². The first kappa shape index (κ1) is 52.6. The number of hydrogen-bond acceptors (Lipinski definition) is 2. The van der Waals surface area contributed by atoms with Crippen LogP contribution in [0.15, 0.2) is 206 Å². The van der Waals surface area contributed by atoms with Crippen LogP contribution in [0.25, 0.3) is 111 Å². The summed E-state index contributed by atoms with van der Waals surface area (Å²) in [5.74, 6) is 0. The number of alkyl halides is 12. The van der Waals surface area contributed by atoms with Crippen LogP contribution in [0.3, 0.4) is 0 Å². The molecule has 0 saturated carbocycles. The van der Waals surface area contributed by atoms with Crippen molar-refractivity contribution in [2.45, 2.75) is 24.7 Å². The number of fused-ring (bicyclic) bond motifs is 6. The molecule has 0 aliphatic rings. The van der Waals surface area contributed by atoms with Crippen LogP contribution in [0.5, 0.6) is 0 Å². The third-order valence-corrected chi connectivity index (χ3v) is 14.8. The molecule has 12 rings (SSSR count). The van der Waals surface area contributed by atoms with Gasteiger partial charge in [0.15, 0.2) is 0 Å². The van der Waals surface area contributed by atoms with Crippen molar-refractivity contribution in [1.82, 2.24) is 9.13 Å². The first-order valence-corrected chi connectivity index (χ1v) is 25.0. The Morgan fingerprint density at radius 2 is 0.512 bits per heavy atom. The van der Waals surface area contributed by atoms with E-state index < -0.39 is 47.0 Å². The standard InChI is InChI=1S/C66H34F12N4/c67-63(68,69)55-13-5-1-9-45(55)37-19-25-49-50-26-20-38(46-10-2-6-14-56(46)64(70,71)72)30-60(50)81(59(49)29-37)43-23-17-41(35-79)53(33-43)54-34-44(24-18-42(54)36-80)82-61-31-39(47-11-3-7-15-57(47)65(73,74)75)21-27-51(61)52-28-22-40(32-62(52)82)48-12-4-8-16-58(48)66(76,77)78/h1-34H. The Hall–Kier alpha value is -10.1. The molecule has 82 heavy (non-hydrogen) atoms. The van der Waals surface area contributed by atoms with Crippen molar-refractivity contribution in [1.29, 1.82) is 10.5 Å². The minimum absolute atomic E-state index is 0.0251. The summed E-state index contributed by atoms with van der Waals surface area (Å²) >= 11 is 0.